The lowest BCUT2D eigenvalue weighted by Gasteiger charge is -2.35. The van der Waals surface area contributed by atoms with Crippen molar-refractivity contribution in [3.63, 3.8) is 0 Å². The summed E-state index contributed by atoms with van der Waals surface area (Å²) in [5, 5.41) is 2.95. The lowest BCUT2D eigenvalue weighted by atomic mass is 10.1. The maximum absolute atomic E-state index is 12.8. The van der Waals surface area contributed by atoms with E-state index in [-0.39, 0.29) is 18.0 Å². The van der Waals surface area contributed by atoms with Gasteiger partial charge >= 0.3 is 12.2 Å². The van der Waals surface area contributed by atoms with Crippen molar-refractivity contribution in [1.29, 1.82) is 0 Å². The van der Waals surface area contributed by atoms with E-state index >= 15 is 0 Å². The summed E-state index contributed by atoms with van der Waals surface area (Å²) in [5.41, 5.74) is -0.961. The Labute approximate surface area is 143 Å². The minimum absolute atomic E-state index is 0.0418. The topological polar surface area (TPSA) is 70.6 Å². The van der Waals surface area contributed by atoms with E-state index < -0.39 is 11.9 Å². The number of urea groups is 1. The Morgan fingerprint density at radius 2 is 2.04 bits per heavy atom. The van der Waals surface area contributed by atoms with Gasteiger partial charge < -0.3 is 19.9 Å². The second kappa shape index (κ2) is 7.42. The van der Waals surface area contributed by atoms with Crippen LogP contribution in [-0.4, -0.2) is 66.3 Å². The van der Waals surface area contributed by atoms with Crippen LogP contribution in [0.15, 0.2) is 12.3 Å². The smallest absolute Gasteiger partial charge is 0.378 e. The Kier molecular flexibility index (Phi) is 5.26. The first-order valence-corrected chi connectivity index (χ1v) is 8.22. The fraction of sp³-hybridized carbons (Fsp3) is 0.667. The second-order valence-electron chi connectivity index (χ2n) is 6.07. The molecule has 0 spiro atoms. The number of anilines is 1. The van der Waals surface area contributed by atoms with E-state index in [1.54, 1.807) is 9.80 Å². The molecule has 10 heteroatoms. The average Bonchev–Trinajstić information content (AvgIpc) is 2.62. The number of carbonyl (C=O) groups is 1. The lowest BCUT2D eigenvalue weighted by Crippen LogP contribution is -2.53. The summed E-state index contributed by atoms with van der Waals surface area (Å²) in [6, 6.07) is 0.535. The number of ether oxygens (including phenoxy) is 1. The second-order valence-corrected chi connectivity index (χ2v) is 6.07. The van der Waals surface area contributed by atoms with Crippen LogP contribution in [-0.2, 0) is 10.9 Å². The molecule has 1 atom stereocenters. The monoisotopic (exact) mass is 359 g/mol. The number of aromatic nitrogens is 2. The highest BCUT2D eigenvalue weighted by atomic mass is 19.4. The van der Waals surface area contributed by atoms with E-state index in [9.17, 15) is 18.0 Å². The lowest BCUT2D eigenvalue weighted by molar-refractivity contribution is -0.141. The highest BCUT2D eigenvalue weighted by Gasteiger charge is 2.34. The molecular weight excluding hydrogens is 339 g/mol. The molecular formula is C15H20F3N5O2. The van der Waals surface area contributed by atoms with Crippen LogP contribution >= 0.6 is 0 Å². The molecule has 2 aliphatic heterocycles. The number of carbonyl (C=O) groups excluding carboxylic acids is 1. The predicted molar refractivity (Wildman–Crippen MR) is 83.2 cm³/mol. The van der Waals surface area contributed by atoms with Crippen molar-refractivity contribution in [3.05, 3.63) is 18.0 Å². The van der Waals surface area contributed by atoms with Crippen LogP contribution in [0, 0.1) is 0 Å². The quantitative estimate of drug-likeness (QED) is 0.867. The summed E-state index contributed by atoms with van der Waals surface area (Å²) >= 11 is 0. The molecule has 0 bridgehead atoms. The molecule has 7 nitrogen and oxygen atoms in total. The van der Waals surface area contributed by atoms with Gasteiger partial charge in [-0.3, -0.25) is 0 Å². The maximum atomic E-state index is 12.8. The molecule has 25 heavy (non-hydrogen) atoms. The number of hydrogen-bond donors (Lipinski definition) is 1. The van der Waals surface area contributed by atoms with Gasteiger partial charge in [-0.2, -0.15) is 13.2 Å². The van der Waals surface area contributed by atoms with Crippen LogP contribution in [0.4, 0.5) is 23.9 Å². The first-order valence-electron chi connectivity index (χ1n) is 8.22. The molecule has 0 radical (unpaired) electrons. The highest BCUT2D eigenvalue weighted by Crippen LogP contribution is 2.28. The predicted octanol–water partition coefficient (Wildman–Crippen LogP) is 1.51. The van der Waals surface area contributed by atoms with Crippen LogP contribution in [0.3, 0.4) is 0 Å². The molecule has 1 unspecified atom stereocenters. The number of piperidine rings is 1. The number of halogens is 3. The van der Waals surface area contributed by atoms with Crippen molar-refractivity contribution in [3.8, 4) is 0 Å². The van der Waals surface area contributed by atoms with Crippen LogP contribution in [0.5, 0.6) is 0 Å². The van der Waals surface area contributed by atoms with Crippen LogP contribution in [0.25, 0.3) is 0 Å². The van der Waals surface area contributed by atoms with E-state index in [4.69, 9.17) is 4.74 Å². The molecule has 0 aliphatic carbocycles. The van der Waals surface area contributed by atoms with Crippen molar-refractivity contribution >= 4 is 12.0 Å². The third kappa shape index (κ3) is 4.50. The molecule has 1 N–H and O–H groups in total. The molecule has 138 valence electrons. The van der Waals surface area contributed by atoms with Crippen molar-refractivity contribution in [2.75, 3.05) is 44.3 Å². The minimum Gasteiger partial charge on any atom is -0.378 e. The van der Waals surface area contributed by atoms with Crippen LogP contribution < -0.4 is 10.2 Å². The number of alkyl halides is 3. The number of morpholine rings is 1. The van der Waals surface area contributed by atoms with E-state index in [0.717, 1.165) is 25.1 Å². The minimum atomic E-state index is -4.50. The molecule has 0 saturated carbocycles. The van der Waals surface area contributed by atoms with Gasteiger partial charge in [-0.15, -0.1) is 0 Å². The first kappa shape index (κ1) is 17.7. The Morgan fingerprint density at radius 3 is 2.76 bits per heavy atom. The molecule has 2 saturated heterocycles. The standard InChI is InChI=1S/C15H20F3N5O2/c16-15(17,18)12-3-4-19-13(21-12)23-5-1-2-11(10-23)20-14(24)22-6-8-25-9-7-22/h3-4,11H,1-2,5-10H2,(H,20,24). The van der Waals surface area contributed by atoms with Crippen molar-refractivity contribution < 1.29 is 22.7 Å². The molecule has 1 aromatic rings. The third-order valence-corrected chi connectivity index (χ3v) is 4.26. The number of nitrogens with zero attached hydrogens (tertiary/aromatic N) is 4. The van der Waals surface area contributed by atoms with E-state index in [2.05, 4.69) is 15.3 Å². The summed E-state index contributed by atoms with van der Waals surface area (Å²) < 4.78 is 43.6. The number of rotatable bonds is 2. The number of amides is 2. The van der Waals surface area contributed by atoms with Gasteiger partial charge in [0.15, 0.2) is 0 Å². The highest BCUT2D eigenvalue weighted by molar-refractivity contribution is 5.74. The number of hydrogen-bond acceptors (Lipinski definition) is 5. The molecule has 2 amide bonds. The fourth-order valence-corrected chi connectivity index (χ4v) is 2.97. The molecule has 2 fully saturated rings. The van der Waals surface area contributed by atoms with Gasteiger partial charge in [0.2, 0.25) is 5.95 Å². The Hall–Kier alpha value is -2.10. The SMILES string of the molecule is O=C(NC1CCCN(c2nccc(C(F)(F)F)n2)C1)N1CCOCC1. The van der Waals surface area contributed by atoms with E-state index in [1.165, 1.54) is 0 Å². The summed E-state index contributed by atoms with van der Waals surface area (Å²) in [6.07, 6.45) is -1.88. The normalized spacial score (nSPS) is 22.0. The molecule has 1 aromatic heterocycles. The molecule has 2 aliphatic rings. The van der Waals surface area contributed by atoms with Gasteiger partial charge in [0.25, 0.3) is 0 Å². The number of nitrogens with one attached hydrogen (secondary N) is 1. The van der Waals surface area contributed by atoms with Crippen molar-refractivity contribution in [2.45, 2.75) is 25.1 Å². The molecule has 3 rings (SSSR count). The van der Waals surface area contributed by atoms with Gasteiger partial charge in [0, 0.05) is 38.4 Å². The Bertz CT molecular complexity index is 607. The summed E-state index contributed by atoms with van der Waals surface area (Å²) in [6.45, 7) is 3.06. The fourth-order valence-electron chi connectivity index (χ4n) is 2.97. The average molecular weight is 359 g/mol. The summed E-state index contributed by atoms with van der Waals surface area (Å²) in [5.74, 6) is 0.0418. The van der Waals surface area contributed by atoms with Crippen molar-refractivity contribution in [2.24, 2.45) is 0 Å². The zero-order valence-corrected chi connectivity index (χ0v) is 13.6. The molecule has 3 heterocycles. The van der Waals surface area contributed by atoms with Crippen molar-refractivity contribution in [1.82, 2.24) is 20.2 Å². The van der Waals surface area contributed by atoms with Gasteiger partial charge in [0.1, 0.15) is 5.69 Å². The summed E-state index contributed by atoms with van der Waals surface area (Å²) in [7, 11) is 0. The van der Waals surface area contributed by atoms with Gasteiger partial charge in [-0.05, 0) is 18.9 Å². The maximum Gasteiger partial charge on any atom is 0.433 e. The van der Waals surface area contributed by atoms with E-state index in [0.29, 0.717) is 39.4 Å². The third-order valence-electron chi connectivity index (χ3n) is 4.26. The first-order chi connectivity index (χ1) is 11.9. The van der Waals surface area contributed by atoms with Crippen LogP contribution in [0.1, 0.15) is 18.5 Å². The Balaban J connectivity index is 1.62. The van der Waals surface area contributed by atoms with E-state index in [1.807, 2.05) is 0 Å². The van der Waals surface area contributed by atoms with Gasteiger partial charge in [-0.1, -0.05) is 0 Å². The largest absolute Gasteiger partial charge is 0.433 e. The van der Waals surface area contributed by atoms with Gasteiger partial charge in [0.05, 0.1) is 13.2 Å². The summed E-state index contributed by atoms with van der Waals surface area (Å²) in [4.78, 5) is 23.2. The van der Waals surface area contributed by atoms with Gasteiger partial charge in [-0.25, -0.2) is 14.8 Å². The Morgan fingerprint density at radius 1 is 1.28 bits per heavy atom. The zero-order valence-electron chi connectivity index (χ0n) is 13.6. The van der Waals surface area contributed by atoms with Crippen LogP contribution in [0.2, 0.25) is 0 Å². The zero-order chi connectivity index (χ0) is 17.9. The molecule has 0 aromatic carbocycles.